The Hall–Kier alpha value is -0.610. The molecule has 2 aliphatic heterocycles. The zero-order chi connectivity index (χ0) is 15.0. The van der Waals surface area contributed by atoms with E-state index in [1.165, 1.54) is 32.1 Å². The van der Waals surface area contributed by atoms with Crippen LogP contribution in [0.3, 0.4) is 0 Å². The van der Waals surface area contributed by atoms with E-state index < -0.39 is 5.54 Å². The Labute approximate surface area is 128 Å². The van der Waals surface area contributed by atoms with Crippen molar-refractivity contribution < 1.29 is 4.79 Å². The van der Waals surface area contributed by atoms with Gasteiger partial charge >= 0.3 is 0 Å². The van der Waals surface area contributed by atoms with E-state index in [9.17, 15) is 4.79 Å². The lowest BCUT2D eigenvalue weighted by molar-refractivity contribution is -0.128. The Bertz CT molecular complexity index is 385. The van der Waals surface area contributed by atoms with Crippen molar-refractivity contribution in [3.8, 4) is 0 Å². The van der Waals surface area contributed by atoms with Crippen molar-refractivity contribution in [2.45, 2.75) is 75.9 Å². The summed E-state index contributed by atoms with van der Waals surface area (Å²) >= 11 is 0. The monoisotopic (exact) mass is 293 g/mol. The highest BCUT2D eigenvalue weighted by Crippen LogP contribution is 2.37. The first-order chi connectivity index (χ1) is 9.98. The van der Waals surface area contributed by atoms with Gasteiger partial charge in [0, 0.05) is 18.6 Å². The first-order valence-corrected chi connectivity index (χ1v) is 8.77. The van der Waals surface area contributed by atoms with Gasteiger partial charge in [0.25, 0.3) is 0 Å². The molecule has 1 aliphatic carbocycles. The smallest absolute Gasteiger partial charge is 0.240 e. The normalized spacial score (nSPS) is 43.8. The van der Waals surface area contributed by atoms with Crippen LogP contribution in [0.1, 0.15) is 58.3 Å². The topological polar surface area (TPSA) is 58.4 Å². The fourth-order valence-corrected chi connectivity index (χ4v) is 4.90. The molecule has 1 saturated carbocycles. The number of fused-ring (bicyclic) bond motifs is 2. The number of nitrogens with one attached hydrogen (secondary N) is 1. The molecule has 4 nitrogen and oxygen atoms in total. The van der Waals surface area contributed by atoms with Crippen molar-refractivity contribution in [3.63, 3.8) is 0 Å². The van der Waals surface area contributed by atoms with Crippen LogP contribution in [-0.2, 0) is 4.79 Å². The van der Waals surface area contributed by atoms with Crippen molar-refractivity contribution in [1.29, 1.82) is 0 Å². The zero-order valence-electron chi connectivity index (χ0n) is 13.6. The molecule has 0 aromatic carbocycles. The van der Waals surface area contributed by atoms with E-state index >= 15 is 0 Å². The van der Waals surface area contributed by atoms with Gasteiger partial charge in [0.05, 0.1) is 5.54 Å². The molecule has 4 atom stereocenters. The van der Waals surface area contributed by atoms with Gasteiger partial charge in [0.15, 0.2) is 0 Å². The van der Waals surface area contributed by atoms with Gasteiger partial charge in [-0.1, -0.05) is 19.8 Å². The van der Waals surface area contributed by atoms with Gasteiger partial charge in [-0.05, 0) is 57.4 Å². The third-order valence-corrected chi connectivity index (χ3v) is 6.23. The second kappa shape index (κ2) is 5.88. The molecule has 2 bridgehead atoms. The minimum absolute atomic E-state index is 0.0975. The van der Waals surface area contributed by atoms with E-state index in [4.69, 9.17) is 5.73 Å². The van der Waals surface area contributed by atoms with Gasteiger partial charge < -0.3 is 16.0 Å². The van der Waals surface area contributed by atoms with E-state index in [2.05, 4.69) is 24.2 Å². The van der Waals surface area contributed by atoms with Crippen molar-refractivity contribution in [3.05, 3.63) is 0 Å². The van der Waals surface area contributed by atoms with Crippen LogP contribution in [0.5, 0.6) is 0 Å². The lowest BCUT2D eigenvalue weighted by Crippen LogP contribution is -2.57. The third-order valence-electron chi connectivity index (χ3n) is 6.23. The molecule has 120 valence electrons. The quantitative estimate of drug-likeness (QED) is 0.835. The number of hydrogen-bond acceptors (Lipinski definition) is 3. The van der Waals surface area contributed by atoms with Crippen LogP contribution in [0.25, 0.3) is 0 Å². The van der Waals surface area contributed by atoms with Gasteiger partial charge in [-0.25, -0.2) is 0 Å². The molecule has 0 aromatic heterocycles. The number of carbonyl (C=O) groups excluding carboxylic acids is 1. The van der Waals surface area contributed by atoms with Crippen molar-refractivity contribution in [2.24, 2.45) is 17.6 Å². The van der Waals surface area contributed by atoms with Crippen LogP contribution in [0, 0.1) is 11.8 Å². The van der Waals surface area contributed by atoms with Gasteiger partial charge in [0.1, 0.15) is 0 Å². The second-order valence-electron chi connectivity index (χ2n) is 7.96. The zero-order valence-corrected chi connectivity index (χ0v) is 13.6. The molecular weight excluding hydrogens is 262 g/mol. The fraction of sp³-hybridized carbons (Fsp3) is 0.941. The molecule has 4 unspecified atom stereocenters. The highest BCUT2D eigenvalue weighted by Gasteiger charge is 2.40. The summed E-state index contributed by atoms with van der Waals surface area (Å²) in [5, 5.41) is 3.18. The molecule has 3 fully saturated rings. The Morgan fingerprint density at radius 3 is 2.57 bits per heavy atom. The molecular formula is C17H31N3O. The highest BCUT2D eigenvalue weighted by molar-refractivity contribution is 5.86. The summed E-state index contributed by atoms with van der Waals surface area (Å²) in [6.45, 7) is 3.04. The third kappa shape index (κ3) is 3.11. The largest absolute Gasteiger partial charge is 0.354 e. The van der Waals surface area contributed by atoms with Gasteiger partial charge in [-0.3, -0.25) is 4.79 Å². The summed E-state index contributed by atoms with van der Waals surface area (Å²) in [6, 6.07) is 1.49. The summed E-state index contributed by atoms with van der Waals surface area (Å²) < 4.78 is 0. The van der Waals surface area contributed by atoms with E-state index in [-0.39, 0.29) is 5.91 Å². The molecule has 3 N–H and O–H groups in total. The molecule has 0 radical (unpaired) electrons. The summed E-state index contributed by atoms with van der Waals surface area (Å²) in [6.07, 6.45) is 9.14. The first-order valence-electron chi connectivity index (χ1n) is 8.77. The Morgan fingerprint density at radius 1 is 1.29 bits per heavy atom. The van der Waals surface area contributed by atoms with Crippen LogP contribution in [0.2, 0.25) is 0 Å². The van der Waals surface area contributed by atoms with E-state index in [1.807, 2.05) is 0 Å². The van der Waals surface area contributed by atoms with Crippen molar-refractivity contribution in [2.75, 3.05) is 13.6 Å². The van der Waals surface area contributed by atoms with Crippen LogP contribution in [0.15, 0.2) is 0 Å². The first kappa shape index (κ1) is 15.3. The molecule has 0 spiro atoms. The van der Waals surface area contributed by atoms with Crippen LogP contribution in [-0.4, -0.2) is 42.0 Å². The summed E-state index contributed by atoms with van der Waals surface area (Å²) in [5.41, 5.74) is 5.77. The average Bonchev–Trinajstić information content (AvgIpc) is 2.66. The molecule has 21 heavy (non-hydrogen) atoms. The number of carbonyl (C=O) groups is 1. The van der Waals surface area contributed by atoms with E-state index in [0.717, 1.165) is 37.9 Å². The molecule has 2 saturated heterocycles. The molecule has 3 aliphatic rings. The fourth-order valence-electron chi connectivity index (χ4n) is 4.90. The Morgan fingerprint density at radius 2 is 1.95 bits per heavy atom. The van der Waals surface area contributed by atoms with Crippen molar-refractivity contribution in [1.82, 2.24) is 10.2 Å². The maximum Gasteiger partial charge on any atom is 0.240 e. The molecule has 1 amide bonds. The second-order valence-corrected chi connectivity index (χ2v) is 7.96. The molecule has 3 rings (SSSR count). The Kier molecular flexibility index (Phi) is 4.28. The van der Waals surface area contributed by atoms with Gasteiger partial charge in [0.2, 0.25) is 5.91 Å². The standard InChI is InChI=1S/C17H31N3O/c1-12-4-3-7-17(18,10-12)16(21)19-11-13-8-14-5-6-15(9-13)20(14)2/h12-15H,3-11,18H2,1-2H3,(H,19,21). The predicted molar refractivity (Wildman–Crippen MR) is 84.9 cm³/mol. The molecule has 4 heteroatoms. The molecule has 2 heterocycles. The number of nitrogens with zero attached hydrogens (tertiary/aromatic N) is 1. The summed E-state index contributed by atoms with van der Waals surface area (Å²) in [7, 11) is 2.26. The van der Waals surface area contributed by atoms with Gasteiger partial charge in [-0.15, -0.1) is 0 Å². The Balaban J connectivity index is 1.50. The highest BCUT2D eigenvalue weighted by atomic mass is 16.2. The molecule has 0 aromatic rings. The maximum absolute atomic E-state index is 12.5. The number of piperidine rings is 1. The summed E-state index contributed by atoms with van der Waals surface area (Å²) in [5.74, 6) is 1.32. The number of rotatable bonds is 3. The lowest BCUT2D eigenvalue weighted by Gasteiger charge is -2.38. The van der Waals surface area contributed by atoms with E-state index in [0.29, 0.717) is 11.8 Å². The minimum Gasteiger partial charge on any atom is -0.354 e. The average molecular weight is 293 g/mol. The minimum atomic E-state index is -0.609. The van der Waals surface area contributed by atoms with Crippen LogP contribution in [0.4, 0.5) is 0 Å². The SMILES string of the molecule is CC1CCCC(N)(C(=O)NCC2CC3CCC(C2)N3C)C1. The van der Waals surface area contributed by atoms with Gasteiger partial charge in [-0.2, -0.15) is 0 Å². The van der Waals surface area contributed by atoms with Crippen molar-refractivity contribution >= 4 is 5.91 Å². The summed E-state index contributed by atoms with van der Waals surface area (Å²) in [4.78, 5) is 15.1. The number of hydrogen-bond donors (Lipinski definition) is 2. The number of nitrogens with two attached hydrogens (primary N) is 1. The van der Waals surface area contributed by atoms with E-state index in [1.54, 1.807) is 0 Å². The number of amides is 1. The van der Waals surface area contributed by atoms with Crippen LogP contribution < -0.4 is 11.1 Å². The predicted octanol–water partition coefficient (Wildman–Crippen LogP) is 1.88. The van der Waals surface area contributed by atoms with Crippen LogP contribution >= 0.6 is 0 Å². The maximum atomic E-state index is 12.5. The lowest BCUT2D eigenvalue weighted by atomic mass is 9.76.